The van der Waals surface area contributed by atoms with Crippen LogP contribution < -0.4 is 0 Å². The van der Waals surface area contributed by atoms with Gasteiger partial charge < -0.3 is 9.53 Å². The number of benzene rings is 1. The molecule has 0 saturated heterocycles. The molecule has 0 fully saturated rings. The van der Waals surface area contributed by atoms with Gasteiger partial charge in [0, 0.05) is 6.42 Å². The second-order valence-corrected chi connectivity index (χ2v) is 5.19. The van der Waals surface area contributed by atoms with Crippen molar-refractivity contribution in [2.24, 2.45) is 0 Å². The molecular weight excluding hydrogens is 264 g/mol. The summed E-state index contributed by atoms with van der Waals surface area (Å²) in [5.74, 6) is -0.299. The van der Waals surface area contributed by atoms with E-state index >= 15 is 0 Å². The molecule has 0 aliphatic rings. The molecule has 0 aliphatic heterocycles. The van der Waals surface area contributed by atoms with Crippen molar-refractivity contribution in [3.63, 3.8) is 0 Å². The van der Waals surface area contributed by atoms with Crippen molar-refractivity contribution >= 4 is 12.3 Å². The lowest BCUT2D eigenvalue weighted by molar-refractivity contribution is -0.107. The van der Waals surface area contributed by atoms with E-state index in [0.717, 1.165) is 38.4 Å². The van der Waals surface area contributed by atoms with Gasteiger partial charge in [0.2, 0.25) is 0 Å². The molecule has 0 aliphatic carbocycles. The summed E-state index contributed by atoms with van der Waals surface area (Å²) in [7, 11) is 1.39. The zero-order valence-corrected chi connectivity index (χ0v) is 12.9. The first kappa shape index (κ1) is 17.2. The third kappa shape index (κ3) is 6.89. The number of ether oxygens (including phenoxy) is 1. The Morgan fingerprint density at radius 1 is 1.14 bits per heavy atom. The summed E-state index contributed by atoms with van der Waals surface area (Å²) in [6.07, 6.45) is 8.99. The van der Waals surface area contributed by atoms with Crippen LogP contribution in [0.4, 0.5) is 0 Å². The molecular formula is C18H24O3. The van der Waals surface area contributed by atoms with E-state index in [2.05, 4.69) is 17.7 Å². The maximum atomic E-state index is 11.3. The maximum absolute atomic E-state index is 11.3. The number of unbranched alkanes of at least 4 members (excludes halogenated alkanes) is 2. The Balaban J connectivity index is 2.34. The molecule has 21 heavy (non-hydrogen) atoms. The third-order valence-electron chi connectivity index (χ3n) is 3.44. The first-order valence-corrected chi connectivity index (χ1v) is 7.44. The Kier molecular flexibility index (Phi) is 8.10. The van der Waals surface area contributed by atoms with Crippen molar-refractivity contribution in [3.8, 4) is 0 Å². The minimum Gasteiger partial charge on any atom is -0.465 e. The van der Waals surface area contributed by atoms with Gasteiger partial charge in [0.25, 0.3) is 0 Å². The van der Waals surface area contributed by atoms with Crippen LogP contribution >= 0.6 is 0 Å². The Hall–Kier alpha value is -1.90. The highest BCUT2D eigenvalue weighted by Gasteiger charge is 2.03. The summed E-state index contributed by atoms with van der Waals surface area (Å²) in [6.45, 7) is 2.14. The number of aryl methyl sites for hydroxylation is 1. The Bertz CT molecular complexity index is 472. The molecule has 1 rings (SSSR count). The number of aldehydes is 1. The van der Waals surface area contributed by atoms with Crippen molar-refractivity contribution in [2.45, 2.75) is 45.4 Å². The van der Waals surface area contributed by atoms with E-state index in [1.54, 1.807) is 12.1 Å². The van der Waals surface area contributed by atoms with Crippen LogP contribution in [0.15, 0.2) is 35.9 Å². The quantitative estimate of drug-likeness (QED) is 0.297. The lowest BCUT2D eigenvalue weighted by Crippen LogP contribution is -2.00. The maximum Gasteiger partial charge on any atom is 0.337 e. The molecule has 0 bridgehead atoms. The molecule has 0 heterocycles. The number of allylic oxidation sites excluding steroid dienone is 2. The van der Waals surface area contributed by atoms with Gasteiger partial charge in [-0.3, -0.25) is 0 Å². The van der Waals surface area contributed by atoms with Crippen LogP contribution in [0.5, 0.6) is 0 Å². The van der Waals surface area contributed by atoms with E-state index < -0.39 is 0 Å². The number of hydrogen-bond acceptors (Lipinski definition) is 3. The zero-order chi connectivity index (χ0) is 15.5. The molecule has 1 aromatic carbocycles. The van der Waals surface area contributed by atoms with E-state index in [1.165, 1.54) is 18.2 Å². The van der Waals surface area contributed by atoms with E-state index in [1.807, 2.05) is 12.1 Å². The second-order valence-electron chi connectivity index (χ2n) is 5.19. The number of methoxy groups -OCH3 is 1. The minimum atomic E-state index is -0.299. The summed E-state index contributed by atoms with van der Waals surface area (Å²) in [4.78, 5) is 21.5. The highest BCUT2D eigenvalue weighted by molar-refractivity contribution is 5.89. The summed E-state index contributed by atoms with van der Waals surface area (Å²) in [5, 5.41) is 0. The topological polar surface area (TPSA) is 43.4 Å². The highest BCUT2D eigenvalue weighted by atomic mass is 16.5. The van der Waals surface area contributed by atoms with Crippen molar-refractivity contribution < 1.29 is 14.3 Å². The molecule has 0 saturated carbocycles. The van der Waals surface area contributed by atoms with Crippen LogP contribution in [0.2, 0.25) is 0 Å². The molecule has 0 radical (unpaired) electrons. The smallest absolute Gasteiger partial charge is 0.337 e. The van der Waals surface area contributed by atoms with Crippen molar-refractivity contribution in [2.75, 3.05) is 7.11 Å². The van der Waals surface area contributed by atoms with Gasteiger partial charge in [-0.05, 0) is 56.7 Å². The molecule has 3 heteroatoms. The molecule has 3 nitrogen and oxygen atoms in total. The molecule has 114 valence electrons. The number of rotatable bonds is 9. The molecule has 0 N–H and O–H groups in total. The first-order chi connectivity index (χ1) is 10.2. The van der Waals surface area contributed by atoms with Crippen LogP contribution in [0.3, 0.4) is 0 Å². The predicted octanol–water partition coefficient (Wildman–Crippen LogP) is 4.11. The van der Waals surface area contributed by atoms with Gasteiger partial charge in [-0.2, -0.15) is 0 Å². The van der Waals surface area contributed by atoms with Crippen molar-refractivity contribution in [1.82, 2.24) is 0 Å². The van der Waals surface area contributed by atoms with Gasteiger partial charge >= 0.3 is 5.97 Å². The molecule has 0 aromatic heterocycles. The monoisotopic (exact) mass is 288 g/mol. The van der Waals surface area contributed by atoms with Gasteiger partial charge in [0.15, 0.2) is 0 Å². The van der Waals surface area contributed by atoms with Crippen molar-refractivity contribution in [1.29, 1.82) is 0 Å². The van der Waals surface area contributed by atoms with Crippen LogP contribution in [0.1, 0.15) is 54.9 Å². The van der Waals surface area contributed by atoms with Gasteiger partial charge in [-0.15, -0.1) is 0 Å². The number of esters is 1. The van der Waals surface area contributed by atoms with Gasteiger partial charge in [0.1, 0.15) is 6.29 Å². The average Bonchev–Trinajstić information content (AvgIpc) is 2.51. The molecule has 0 spiro atoms. The van der Waals surface area contributed by atoms with Crippen LogP contribution in [0, 0.1) is 0 Å². The number of hydrogen-bond donors (Lipinski definition) is 0. The normalized spacial score (nSPS) is 11.2. The van der Waals surface area contributed by atoms with Crippen molar-refractivity contribution in [3.05, 3.63) is 47.0 Å². The van der Waals surface area contributed by atoms with Crippen LogP contribution in [-0.4, -0.2) is 19.4 Å². The van der Waals surface area contributed by atoms with E-state index in [9.17, 15) is 9.59 Å². The van der Waals surface area contributed by atoms with Gasteiger partial charge in [-0.1, -0.05) is 23.8 Å². The summed E-state index contributed by atoms with van der Waals surface area (Å²) < 4.78 is 4.67. The van der Waals surface area contributed by atoms with Gasteiger partial charge in [0.05, 0.1) is 12.7 Å². The van der Waals surface area contributed by atoms with E-state index in [4.69, 9.17) is 0 Å². The fourth-order valence-corrected chi connectivity index (χ4v) is 2.14. The third-order valence-corrected chi connectivity index (χ3v) is 3.44. The SMILES string of the molecule is COC(=O)c1ccc(CCC=C(C)CCCCC=O)cc1. The first-order valence-electron chi connectivity index (χ1n) is 7.44. The number of carbonyl (C=O) groups excluding carboxylic acids is 2. The Morgan fingerprint density at radius 3 is 2.48 bits per heavy atom. The highest BCUT2D eigenvalue weighted by Crippen LogP contribution is 2.12. The second kappa shape index (κ2) is 9.92. The van der Waals surface area contributed by atoms with Crippen LogP contribution in [0.25, 0.3) is 0 Å². The fraction of sp³-hybridized carbons (Fsp3) is 0.444. The average molecular weight is 288 g/mol. The predicted molar refractivity (Wildman–Crippen MR) is 84.4 cm³/mol. The Morgan fingerprint density at radius 2 is 1.86 bits per heavy atom. The lowest BCUT2D eigenvalue weighted by Gasteiger charge is -2.03. The zero-order valence-electron chi connectivity index (χ0n) is 12.9. The molecule has 0 atom stereocenters. The van der Waals surface area contributed by atoms with E-state index in [0.29, 0.717) is 12.0 Å². The van der Waals surface area contributed by atoms with Crippen LogP contribution in [-0.2, 0) is 16.0 Å². The standard InChI is InChI=1S/C18H24O3/c1-15(7-4-3-5-14-19)8-6-9-16-10-12-17(13-11-16)18(20)21-2/h8,10-14H,3-7,9H2,1-2H3. The summed E-state index contributed by atoms with van der Waals surface area (Å²) in [5.41, 5.74) is 3.18. The Labute approximate surface area is 127 Å². The summed E-state index contributed by atoms with van der Waals surface area (Å²) >= 11 is 0. The fourth-order valence-electron chi connectivity index (χ4n) is 2.14. The lowest BCUT2D eigenvalue weighted by atomic mass is 10.0. The summed E-state index contributed by atoms with van der Waals surface area (Å²) in [6, 6.07) is 7.55. The minimum absolute atomic E-state index is 0.299. The van der Waals surface area contributed by atoms with Gasteiger partial charge in [-0.25, -0.2) is 4.79 Å². The number of carbonyl (C=O) groups is 2. The molecule has 0 amide bonds. The van der Waals surface area contributed by atoms with E-state index in [-0.39, 0.29) is 5.97 Å². The largest absolute Gasteiger partial charge is 0.465 e. The molecule has 1 aromatic rings. The molecule has 0 unspecified atom stereocenters.